The van der Waals surface area contributed by atoms with Crippen molar-refractivity contribution in [1.82, 2.24) is 14.2 Å². The third kappa shape index (κ3) is 4.00. The van der Waals surface area contributed by atoms with Crippen molar-refractivity contribution in [1.29, 1.82) is 0 Å². The van der Waals surface area contributed by atoms with E-state index in [1.807, 2.05) is 0 Å². The maximum absolute atomic E-state index is 11.5. The summed E-state index contributed by atoms with van der Waals surface area (Å²) in [5.41, 5.74) is 1.22. The molecular weight excluding hydrogens is 294 g/mol. The maximum Gasteiger partial charge on any atom is 0.211 e. The Labute approximate surface area is 125 Å². The van der Waals surface area contributed by atoms with Gasteiger partial charge >= 0.3 is 0 Å². The van der Waals surface area contributed by atoms with Crippen molar-refractivity contribution in [3.8, 4) is 0 Å². The number of hydrogen-bond acceptors (Lipinski definition) is 5. The average Bonchev–Trinajstić information content (AvgIpc) is 2.77. The standard InChI is InChI=1S/C13H23N3O2S2/c1-13(2,3)11-10-19-12(14-11)9-15-5-7-16(8-6-15)20(4,17)18/h10H,5-9H2,1-4H3. The molecule has 2 rings (SSSR count). The molecule has 0 aliphatic carbocycles. The van der Waals surface area contributed by atoms with Crippen molar-refractivity contribution >= 4 is 21.4 Å². The normalized spacial score (nSPS) is 19.4. The highest BCUT2D eigenvalue weighted by Gasteiger charge is 2.24. The van der Waals surface area contributed by atoms with Crippen LogP contribution in [0.25, 0.3) is 0 Å². The SMILES string of the molecule is CC(C)(C)c1csc(CN2CCN(S(C)(=O)=O)CC2)n1. The molecule has 0 bridgehead atoms. The van der Waals surface area contributed by atoms with Crippen molar-refractivity contribution in [3.63, 3.8) is 0 Å². The number of nitrogens with zero attached hydrogens (tertiary/aromatic N) is 3. The first kappa shape index (κ1) is 15.9. The van der Waals surface area contributed by atoms with Crippen LogP contribution < -0.4 is 0 Å². The minimum absolute atomic E-state index is 0.0870. The molecule has 7 heteroatoms. The second-order valence-corrected chi connectivity index (χ2v) is 9.24. The van der Waals surface area contributed by atoms with Crippen LogP contribution in [0.1, 0.15) is 31.5 Å². The van der Waals surface area contributed by atoms with Crippen molar-refractivity contribution in [2.24, 2.45) is 0 Å². The van der Waals surface area contributed by atoms with Crippen LogP contribution in [0, 0.1) is 0 Å². The molecule has 0 saturated carbocycles. The highest BCUT2D eigenvalue weighted by atomic mass is 32.2. The van der Waals surface area contributed by atoms with Gasteiger partial charge in [-0.15, -0.1) is 11.3 Å². The predicted molar refractivity (Wildman–Crippen MR) is 82.5 cm³/mol. The van der Waals surface area contributed by atoms with Crippen LogP contribution in [0.15, 0.2) is 5.38 Å². The van der Waals surface area contributed by atoms with Crippen LogP contribution in [0.2, 0.25) is 0 Å². The van der Waals surface area contributed by atoms with Crippen LogP contribution in [0.3, 0.4) is 0 Å². The molecule has 0 N–H and O–H groups in total. The van der Waals surface area contributed by atoms with Gasteiger partial charge in [0.15, 0.2) is 0 Å². The Balaban J connectivity index is 1.92. The quantitative estimate of drug-likeness (QED) is 0.848. The zero-order valence-corrected chi connectivity index (χ0v) is 14.2. The number of thiazole rings is 1. The lowest BCUT2D eigenvalue weighted by atomic mass is 9.93. The van der Waals surface area contributed by atoms with Crippen LogP contribution in [-0.4, -0.2) is 55.0 Å². The summed E-state index contributed by atoms with van der Waals surface area (Å²) in [5.74, 6) is 0. The van der Waals surface area contributed by atoms with E-state index in [2.05, 4.69) is 36.0 Å². The van der Waals surface area contributed by atoms with E-state index in [0.717, 1.165) is 30.3 Å². The summed E-state index contributed by atoms with van der Waals surface area (Å²) in [6.07, 6.45) is 1.28. The number of sulfonamides is 1. The minimum Gasteiger partial charge on any atom is -0.294 e. The van der Waals surface area contributed by atoms with E-state index < -0.39 is 10.0 Å². The highest BCUT2D eigenvalue weighted by molar-refractivity contribution is 7.88. The fourth-order valence-corrected chi connectivity index (χ4v) is 4.03. The molecule has 0 amide bonds. The van der Waals surface area contributed by atoms with Crippen molar-refractivity contribution in [3.05, 3.63) is 16.1 Å². The molecule has 114 valence electrons. The molecule has 1 aliphatic rings. The fourth-order valence-electron chi connectivity index (χ4n) is 2.14. The van der Waals surface area contributed by atoms with Crippen molar-refractivity contribution < 1.29 is 8.42 Å². The topological polar surface area (TPSA) is 53.5 Å². The third-order valence-corrected chi connectivity index (χ3v) is 5.62. The van der Waals surface area contributed by atoms with E-state index in [9.17, 15) is 8.42 Å². The van der Waals surface area contributed by atoms with E-state index in [4.69, 9.17) is 0 Å². The summed E-state index contributed by atoms with van der Waals surface area (Å²) >= 11 is 1.69. The smallest absolute Gasteiger partial charge is 0.211 e. The predicted octanol–water partition coefficient (Wildman–Crippen LogP) is 1.52. The molecule has 1 aliphatic heterocycles. The van der Waals surface area contributed by atoms with E-state index >= 15 is 0 Å². The van der Waals surface area contributed by atoms with Gasteiger partial charge in [0.2, 0.25) is 10.0 Å². The van der Waals surface area contributed by atoms with Crippen molar-refractivity contribution in [2.75, 3.05) is 32.4 Å². The van der Waals surface area contributed by atoms with Crippen molar-refractivity contribution in [2.45, 2.75) is 32.7 Å². The molecule has 20 heavy (non-hydrogen) atoms. The Morgan fingerprint density at radius 3 is 2.30 bits per heavy atom. The van der Waals surface area contributed by atoms with E-state index in [0.29, 0.717) is 13.1 Å². The summed E-state index contributed by atoms with van der Waals surface area (Å²) < 4.78 is 24.5. The van der Waals surface area contributed by atoms with Gasteiger partial charge in [0, 0.05) is 37.0 Å². The van der Waals surface area contributed by atoms with Gasteiger partial charge in [0.25, 0.3) is 0 Å². The van der Waals surface area contributed by atoms with Gasteiger partial charge in [-0.1, -0.05) is 20.8 Å². The van der Waals surface area contributed by atoms with Gasteiger partial charge in [0.1, 0.15) is 5.01 Å². The number of hydrogen-bond donors (Lipinski definition) is 0. The number of aromatic nitrogens is 1. The Morgan fingerprint density at radius 1 is 1.25 bits per heavy atom. The summed E-state index contributed by atoms with van der Waals surface area (Å²) in [5, 5.41) is 3.24. The molecule has 0 atom stereocenters. The third-order valence-electron chi connectivity index (χ3n) is 3.48. The monoisotopic (exact) mass is 317 g/mol. The molecule has 0 aromatic carbocycles. The lowest BCUT2D eigenvalue weighted by molar-refractivity contribution is 0.182. The molecular formula is C13H23N3O2S2. The summed E-state index contributed by atoms with van der Waals surface area (Å²) in [4.78, 5) is 6.96. The van der Waals surface area contributed by atoms with Gasteiger partial charge < -0.3 is 0 Å². The molecule has 0 spiro atoms. The highest BCUT2D eigenvalue weighted by Crippen LogP contribution is 2.24. The second-order valence-electron chi connectivity index (χ2n) is 6.31. The maximum atomic E-state index is 11.5. The molecule has 1 saturated heterocycles. The number of piperazine rings is 1. The number of rotatable bonds is 3. The van der Waals surface area contributed by atoms with Gasteiger partial charge in [0.05, 0.1) is 18.5 Å². The van der Waals surface area contributed by atoms with E-state index in [1.54, 1.807) is 15.6 Å². The molecule has 0 radical (unpaired) electrons. The summed E-state index contributed by atoms with van der Waals surface area (Å²) in [7, 11) is -3.04. The molecule has 0 unspecified atom stereocenters. The Bertz CT molecular complexity index is 552. The summed E-state index contributed by atoms with van der Waals surface area (Å²) in [6, 6.07) is 0. The van der Waals surface area contributed by atoms with Gasteiger partial charge in [-0.25, -0.2) is 13.4 Å². The first-order valence-corrected chi connectivity index (χ1v) is 9.51. The van der Waals surface area contributed by atoms with Gasteiger partial charge in [-0.3, -0.25) is 4.90 Å². The molecule has 2 heterocycles. The zero-order valence-electron chi connectivity index (χ0n) is 12.6. The van der Waals surface area contributed by atoms with Crippen LogP contribution in [0.5, 0.6) is 0 Å². The van der Waals surface area contributed by atoms with Crippen LogP contribution in [0.4, 0.5) is 0 Å². The fraction of sp³-hybridized carbons (Fsp3) is 0.769. The second kappa shape index (κ2) is 5.71. The Kier molecular flexibility index (Phi) is 4.53. The van der Waals surface area contributed by atoms with Gasteiger partial charge in [-0.05, 0) is 0 Å². The lowest BCUT2D eigenvalue weighted by Gasteiger charge is -2.32. The summed E-state index contributed by atoms with van der Waals surface area (Å²) in [6.45, 7) is 10.0. The minimum atomic E-state index is -3.04. The average molecular weight is 317 g/mol. The van der Waals surface area contributed by atoms with E-state index in [-0.39, 0.29) is 5.41 Å². The lowest BCUT2D eigenvalue weighted by Crippen LogP contribution is -2.47. The largest absolute Gasteiger partial charge is 0.294 e. The molecule has 1 aromatic rings. The molecule has 1 fully saturated rings. The zero-order chi connectivity index (χ0) is 15.0. The first-order valence-electron chi connectivity index (χ1n) is 6.78. The first-order chi connectivity index (χ1) is 9.16. The van der Waals surface area contributed by atoms with Crippen LogP contribution in [-0.2, 0) is 22.0 Å². The Hall–Kier alpha value is -0.500. The van der Waals surface area contributed by atoms with E-state index in [1.165, 1.54) is 6.26 Å². The Morgan fingerprint density at radius 2 is 1.85 bits per heavy atom. The molecule has 1 aromatic heterocycles. The molecule has 5 nitrogen and oxygen atoms in total. The van der Waals surface area contributed by atoms with Crippen LogP contribution >= 0.6 is 11.3 Å². The van der Waals surface area contributed by atoms with Gasteiger partial charge in [-0.2, -0.15) is 4.31 Å².